The van der Waals surface area contributed by atoms with E-state index in [1.807, 2.05) is 37.3 Å². The van der Waals surface area contributed by atoms with Crippen molar-refractivity contribution < 1.29 is 8.95 Å². The van der Waals surface area contributed by atoms with E-state index in [2.05, 4.69) is 39.9 Å². The van der Waals surface area contributed by atoms with Gasteiger partial charge in [-0.15, -0.1) is 0 Å². The first kappa shape index (κ1) is 22.3. The van der Waals surface area contributed by atoms with Gasteiger partial charge in [-0.3, -0.25) is 9.20 Å². The molecule has 0 radical (unpaired) electrons. The Morgan fingerprint density at radius 1 is 1.10 bits per heavy atom. The van der Waals surface area contributed by atoms with Crippen molar-refractivity contribution in [2.75, 3.05) is 12.8 Å². The number of hydrogen-bond acceptors (Lipinski definition) is 3. The van der Waals surface area contributed by atoms with E-state index in [4.69, 9.17) is 4.74 Å². The first-order chi connectivity index (χ1) is 14.7. The number of guanidine groups is 1. The fraction of sp³-hybridized carbons (Fsp3) is 0.458. The van der Waals surface area contributed by atoms with Crippen molar-refractivity contribution >= 4 is 16.8 Å². The lowest BCUT2D eigenvalue weighted by Crippen LogP contribution is -2.46. The lowest BCUT2D eigenvalue weighted by atomic mass is 9.95. The van der Waals surface area contributed by atoms with Gasteiger partial charge in [-0.25, -0.2) is 0 Å². The van der Waals surface area contributed by atoms with Crippen LogP contribution in [0.15, 0.2) is 59.6 Å². The number of hydrogen-bond donors (Lipinski definition) is 2. The van der Waals surface area contributed by atoms with Crippen LogP contribution in [0.25, 0.3) is 0 Å². The molecule has 0 bridgehead atoms. The third-order valence-electron chi connectivity index (χ3n) is 5.48. The van der Waals surface area contributed by atoms with Crippen LogP contribution in [0.5, 0.6) is 5.75 Å². The van der Waals surface area contributed by atoms with Crippen LogP contribution in [-0.2, 0) is 24.0 Å². The Kier molecular flexibility index (Phi) is 8.75. The quantitative estimate of drug-likeness (QED) is 0.494. The first-order valence-electron chi connectivity index (χ1n) is 10.8. The van der Waals surface area contributed by atoms with Crippen molar-refractivity contribution in [3.63, 3.8) is 0 Å². The van der Waals surface area contributed by atoms with E-state index in [1.54, 1.807) is 7.05 Å². The number of ether oxygens (including phenoxy) is 1. The van der Waals surface area contributed by atoms with Crippen molar-refractivity contribution in [2.24, 2.45) is 4.99 Å². The molecule has 5 nitrogen and oxygen atoms in total. The molecule has 0 saturated heterocycles. The van der Waals surface area contributed by atoms with E-state index in [0.717, 1.165) is 48.7 Å². The molecule has 0 aromatic heterocycles. The highest BCUT2D eigenvalue weighted by atomic mass is 32.2. The molecule has 1 fully saturated rings. The van der Waals surface area contributed by atoms with Crippen molar-refractivity contribution in [3.8, 4) is 5.75 Å². The zero-order chi connectivity index (χ0) is 21.2. The zero-order valence-corrected chi connectivity index (χ0v) is 18.8. The Labute approximate surface area is 182 Å². The van der Waals surface area contributed by atoms with Crippen molar-refractivity contribution in [1.82, 2.24) is 10.6 Å². The smallest absolute Gasteiger partial charge is 0.191 e. The monoisotopic (exact) mass is 427 g/mol. The van der Waals surface area contributed by atoms with Gasteiger partial charge in [-0.1, -0.05) is 55.8 Å². The fourth-order valence-corrected chi connectivity index (χ4v) is 5.11. The highest BCUT2D eigenvalue weighted by Gasteiger charge is 2.25. The van der Waals surface area contributed by atoms with Crippen molar-refractivity contribution in [1.29, 1.82) is 0 Å². The summed E-state index contributed by atoms with van der Waals surface area (Å²) in [4.78, 5) is 4.37. The second kappa shape index (κ2) is 11.7. The van der Waals surface area contributed by atoms with Gasteiger partial charge < -0.3 is 15.4 Å². The van der Waals surface area contributed by atoms with Gasteiger partial charge in [0.25, 0.3) is 0 Å². The van der Waals surface area contributed by atoms with Crippen LogP contribution >= 0.6 is 0 Å². The highest BCUT2D eigenvalue weighted by molar-refractivity contribution is 7.85. The molecule has 1 saturated carbocycles. The largest absolute Gasteiger partial charge is 0.489 e. The lowest BCUT2D eigenvalue weighted by molar-refractivity contribution is 0.306. The summed E-state index contributed by atoms with van der Waals surface area (Å²) < 4.78 is 18.0. The Morgan fingerprint density at radius 3 is 2.53 bits per heavy atom. The molecule has 3 atom stereocenters. The maximum Gasteiger partial charge on any atom is 0.191 e. The van der Waals surface area contributed by atoms with Gasteiger partial charge in [0.2, 0.25) is 0 Å². The molecular formula is C24H33N3O2S. The van der Waals surface area contributed by atoms with Crippen LogP contribution in [0.3, 0.4) is 0 Å². The lowest BCUT2D eigenvalue weighted by Gasteiger charge is -2.30. The Morgan fingerprint density at radius 2 is 1.83 bits per heavy atom. The summed E-state index contributed by atoms with van der Waals surface area (Å²) in [5.74, 6) is 2.43. The minimum absolute atomic E-state index is 0.310. The van der Waals surface area contributed by atoms with Gasteiger partial charge in [-0.05, 0) is 42.5 Å². The van der Waals surface area contributed by atoms with E-state index in [9.17, 15) is 4.21 Å². The maximum absolute atomic E-state index is 12.2. The summed E-state index contributed by atoms with van der Waals surface area (Å²) in [7, 11) is 1.08. The zero-order valence-electron chi connectivity index (χ0n) is 18.0. The standard InChI is InChI=1S/C24H33N3O2S/c1-3-30(28)23-11-7-8-21(16-23)27-24(25-2)26-17-19-12-14-20(15-13-19)18-29-22-9-5-4-6-10-22/h4-6,9-10,12-15,21,23H,3,7-8,11,16-18H2,1-2H3,(H2,25,26,27). The van der Waals surface area contributed by atoms with Crippen LogP contribution in [0.2, 0.25) is 0 Å². The summed E-state index contributed by atoms with van der Waals surface area (Å²) in [6.45, 7) is 3.27. The number of benzene rings is 2. The minimum Gasteiger partial charge on any atom is -0.489 e. The first-order valence-corrected chi connectivity index (χ1v) is 12.2. The van der Waals surface area contributed by atoms with Crippen LogP contribution in [0.4, 0.5) is 0 Å². The number of nitrogens with zero attached hydrogens (tertiary/aromatic N) is 1. The Hall–Kier alpha value is -2.34. The molecule has 162 valence electrons. The van der Waals surface area contributed by atoms with Crippen LogP contribution in [0, 0.1) is 0 Å². The average Bonchev–Trinajstić information content (AvgIpc) is 2.81. The molecule has 3 rings (SSSR count). The maximum atomic E-state index is 12.2. The number of nitrogens with one attached hydrogen (secondary N) is 2. The third-order valence-corrected chi connectivity index (χ3v) is 7.22. The predicted octanol–water partition coefficient (Wildman–Crippen LogP) is 4.01. The normalized spacial score (nSPS) is 20.4. The van der Waals surface area contributed by atoms with Crippen LogP contribution < -0.4 is 15.4 Å². The number of para-hydroxylation sites is 1. The topological polar surface area (TPSA) is 62.7 Å². The average molecular weight is 428 g/mol. The second-order valence-corrected chi connectivity index (χ2v) is 9.65. The molecular weight excluding hydrogens is 394 g/mol. The highest BCUT2D eigenvalue weighted by Crippen LogP contribution is 2.23. The molecule has 2 aromatic carbocycles. The summed E-state index contributed by atoms with van der Waals surface area (Å²) in [6.07, 6.45) is 4.26. The summed E-state index contributed by atoms with van der Waals surface area (Å²) >= 11 is 0. The van der Waals surface area contributed by atoms with E-state index in [0.29, 0.717) is 24.4 Å². The second-order valence-electron chi connectivity index (χ2n) is 7.64. The third kappa shape index (κ3) is 6.87. The van der Waals surface area contributed by atoms with E-state index >= 15 is 0 Å². The molecule has 0 heterocycles. The van der Waals surface area contributed by atoms with Crippen LogP contribution in [0.1, 0.15) is 43.7 Å². The molecule has 6 heteroatoms. The summed E-state index contributed by atoms with van der Waals surface area (Å²) in [5.41, 5.74) is 2.33. The number of aliphatic imine (C=N–C) groups is 1. The van der Waals surface area contributed by atoms with Crippen molar-refractivity contribution in [3.05, 3.63) is 65.7 Å². The molecule has 1 aliphatic carbocycles. The van der Waals surface area contributed by atoms with Gasteiger partial charge in [0.1, 0.15) is 12.4 Å². The molecule has 0 spiro atoms. The van der Waals surface area contributed by atoms with Gasteiger partial charge in [0.05, 0.1) is 0 Å². The molecule has 3 unspecified atom stereocenters. The van der Waals surface area contributed by atoms with Gasteiger partial charge >= 0.3 is 0 Å². The molecule has 0 aliphatic heterocycles. The minimum atomic E-state index is -0.711. The van der Waals surface area contributed by atoms with E-state index < -0.39 is 10.8 Å². The Balaban J connectivity index is 1.45. The molecule has 2 N–H and O–H groups in total. The molecule has 0 amide bonds. The Bertz CT molecular complexity index is 824. The van der Waals surface area contributed by atoms with Gasteiger partial charge in [0, 0.05) is 41.4 Å². The van der Waals surface area contributed by atoms with Crippen LogP contribution in [-0.4, -0.2) is 34.3 Å². The van der Waals surface area contributed by atoms with Gasteiger partial charge in [-0.2, -0.15) is 0 Å². The predicted molar refractivity (Wildman–Crippen MR) is 125 cm³/mol. The molecule has 2 aromatic rings. The van der Waals surface area contributed by atoms with E-state index in [-0.39, 0.29) is 0 Å². The fourth-order valence-electron chi connectivity index (χ4n) is 3.76. The van der Waals surface area contributed by atoms with Crippen molar-refractivity contribution in [2.45, 2.75) is 57.1 Å². The molecule has 1 aliphatic rings. The van der Waals surface area contributed by atoms with E-state index in [1.165, 1.54) is 5.56 Å². The molecule has 30 heavy (non-hydrogen) atoms. The van der Waals surface area contributed by atoms with Gasteiger partial charge in [0.15, 0.2) is 5.96 Å². The SMILES string of the molecule is CCS(=O)C1CCCC(NC(=NC)NCc2ccc(COc3ccccc3)cc2)C1. The summed E-state index contributed by atoms with van der Waals surface area (Å²) in [5, 5.41) is 7.23. The summed E-state index contributed by atoms with van der Waals surface area (Å²) in [6, 6.07) is 18.6. The number of rotatable bonds is 8.